The second-order valence-corrected chi connectivity index (χ2v) is 5.84. The highest BCUT2D eigenvalue weighted by Gasteiger charge is 2.21. The van der Waals surface area contributed by atoms with Gasteiger partial charge in [-0.25, -0.2) is 0 Å². The van der Waals surface area contributed by atoms with Gasteiger partial charge in [-0.15, -0.1) is 11.8 Å². The average Bonchev–Trinajstić information content (AvgIpc) is 2.29. The van der Waals surface area contributed by atoms with E-state index < -0.39 is 0 Å². The van der Waals surface area contributed by atoms with Gasteiger partial charge in [0.15, 0.2) is 0 Å². The van der Waals surface area contributed by atoms with E-state index in [9.17, 15) is 0 Å². The first-order valence-electron chi connectivity index (χ1n) is 6.20. The molecular formula is C14H21NS. The Hall–Kier alpha value is -0.470. The number of benzene rings is 1. The minimum atomic E-state index is 0.561. The van der Waals surface area contributed by atoms with E-state index in [1.54, 1.807) is 0 Å². The summed E-state index contributed by atoms with van der Waals surface area (Å²) in [4.78, 5) is 1.47. The molecule has 1 aromatic carbocycles. The highest BCUT2D eigenvalue weighted by atomic mass is 32.2. The predicted molar refractivity (Wildman–Crippen MR) is 72.1 cm³/mol. The molecule has 0 fully saturated rings. The van der Waals surface area contributed by atoms with Gasteiger partial charge in [-0.3, -0.25) is 0 Å². The Bertz CT molecular complexity index is 362. The third kappa shape index (κ3) is 2.61. The number of thioether (sulfide) groups is 1. The summed E-state index contributed by atoms with van der Waals surface area (Å²) >= 11 is 2.00. The quantitative estimate of drug-likeness (QED) is 0.852. The summed E-state index contributed by atoms with van der Waals surface area (Å²) in [5.74, 6) is 1.24. The zero-order valence-corrected chi connectivity index (χ0v) is 11.2. The van der Waals surface area contributed by atoms with Crippen LogP contribution in [0.15, 0.2) is 23.1 Å². The van der Waals surface area contributed by atoms with Crippen molar-refractivity contribution in [2.45, 2.75) is 50.6 Å². The first-order chi connectivity index (χ1) is 7.70. The molecule has 2 rings (SSSR count). The Morgan fingerprint density at radius 2 is 2.31 bits per heavy atom. The van der Waals surface area contributed by atoms with Crippen molar-refractivity contribution < 1.29 is 0 Å². The molecule has 2 heteroatoms. The van der Waals surface area contributed by atoms with Crippen LogP contribution < -0.4 is 5.32 Å². The molecule has 2 atom stereocenters. The van der Waals surface area contributed by atoms with E-state index in [1.807, 2.05) is 11.8 Å². The van der Waals surface area contributed by atoms with Crippen LogP contribution in [0.4, 0.5) is 0 Å². The van der Waals surface area contributed by atoms with Crippen molar-refractivity contribution in [3.05, 3.63) is 29.3 Å². The Balaban J connectivity index is 2.21. The zero-order chi connectivity index (χ0) is 11.5. The van der Waals surface area contributed by atoms with Crippen LogP contribution in [-0.4, -0.2) is 11.8 Å². The minimum absolute atomic E-state index is 0.561. The molecule has 16 heavy (non-hydrogen) atoms. The Kier molecular flexibility index (Phi) is 3.93. The monoisotopic (exact) mass is 235 g/mol. The summed E-state index contributed by atoms with van der Waals surface area (Å²) < 4.78 is 0. The van der Waals surface area contributed by atoms with Crippen LogP contribution in [0.3, 0.4) is 0 Å². The van der Waals surface area contributed by atoms with E-state index >= 15 is 0 Å². The normalized spacial score (nSPS) is 21.6. The molecule has 88 valence electrons. The van der Waals surface area contributed by atoms with Gasteiger partial charge in [0.1, 0.15) is 0 Å². The van der Waals surface area contributed by atoms with Crippen LogP contribution >= 0.6 is 11.8 Å². The molecule has 1 heterocycles. The van der Waals surface area contributed by atoms with Gasteiger partial charge >= 0.3 is 0 Å². The molecule has 1 aliphatic rings. The molecule has 0 bridgehead atoms. The van der Waals surface area contributed by atoms with Crippen molar-refractivity contribution in [3.8, 4) is 0 Å². The molecule has 0 radical (unpaired) electrons. The smallest absolute Gasteiger partial charge is 0.0341 e. The third-order valence-corrected chi connectivity index (χ3v) is 4.43. The summed E-state index contributed by atoms with van der Waals surface area (Å²) in [6, 6.07) is 8.02. The van der Waals surface area contributed by atoms with E-state index in [4.69, 9.17) is 0 Å². The molecular weight excluding hydrogens is 214 g/mol. The predicted octanol–water partition coefficient (Wildman–Crippen LogP) is 3.92. The first kappa shape index (κ1) is 12.0. The minimum Gasteiger partial charge on any atom is -0.307 e. The Labute approximate surface area is 103 Å². The lowest BCUT2D eigenvalue weighted by Gasteiger charge is -2.29. The molecule has 1 N–H and O–H groups in total. The van der Waals surface area contributed by atoms with Crippen LogP contribution in [0.2, 0.25) is 0 Å². The van der Waals surface area contributed by atoms with Gasteiger partial charge in [-0.05, 0) is 44.1 Å². The summed E-state index contributed by atoms with van der Waals surface area (Å²) in [6.45, 7) is 6.70. The zero-order valence-electron chi connectivity index (χ0n) is 10.4. The number of nitrogens with one attached hydrogen (secondary N) is 1. The summed E-state index contributed by atoms with van der Waals surface area (Å²) in [7, 11) is 0. The second kappa shape index (κ2) is 5.24. The highest BCUT2D eigenvalue weighted by molar-refractivity contribution is 7.99. The second-order valence-electron chi connectivity index (χ2n) is 4.71. The Morgan fingerprint density at radius 1 is 1.50 bits per heavy atom. The van der Waals surface area contributed by atoms with Crippen molar-refractivity contribution in [3.63, 3.8) is 0 Å². The summed E-state index contributed by atoms with van der Waals surface area (Å²) in [5.41, 5.74) is 2.88. The van der Waals surface area contributed by atoms with Crippen LogP contribution in [0.5, 0.6) is 0 Å². The molecule has 1 nitrogen and oxygen atoms in total. The summed E-state index contributed by atoms with van der Waals surface area (Å²) in [6.07, 6.45) is 2.45. The van der Waals surface area contributed by atoms with Gasteiger partial charge in [-0.1, -0.05) is 24.6 Å². The lowest BCUT2D eigenvalue weighted by molar-refractivity contribution is 0.432. The molecule has 1 aromatic rings. The van der Waals surface area contributed by atoms with Crippen molar-refractivity contribution in [2.75, 3.05) is 5.75 Å². The highest BCUT2D eigenvalue weighted by Crippen LogP contribution is 2.36. The largest absolute Gasteiger partial charge is 0.307 e. The molecule has 0 saturated carbocycles. The number of aryl methyl sites for hydroxylation is 1. The molecule has 0 aromatic heterocycles. The first-order valence-corrected chi connectivity index (χ1v) is 7.18. The fourth-order valence-corrected chi connectivity index (χ4v) is 3.25. The topological polar surface area (TPSA) is 12.0 Å². The van der Waals surface area contributed by atoms with Crippen LogP contribution in [0, 0.1) is 6.92 Å². The van der Waals surface area contributed by atoms with Crippen molar-refractivity contribution in [1.29, 1.82) is 0 Å². The number of hydrogen-bond acceptors (Lipinski definition) is 2. The van der Waals surface area contributed by atoms with Crippen molar-refractivity contribution in [2.24, 2.45) is 0 Å². The summed E-state index contributed by atoms with van der Waals surface area (Å²) in [5, 5.41) is 3.74. The van der Waals surface area contributed by atoms with Gasteiger partial charge in [0.05, 0.1) is 0 Å². The van der Waals surface area contributed by atoms with Gasteiger partial charge in [-0.2, -0.15) is 0 Å². The molecule has 0 amide bonds. The third-order valence-electron chi connectivity index (χ3n) is 3.30. The van der Waals surface area contributed by atoms with Crippen molar-refractivity contribution in [1.82, 2.24) is 5.32 Å². The van der Waals surface area contributed by atoms with Gasteiger partial charge < -0.3 is 5.32 Å². The van der Waals surface area contributed by atoms with E-state index in [-0.39, 0.29) is 0 Å². The molecule has 0 spiro atoms. The van der Waals surface area contributed by atoms with E-state index in [0.717, 1.165) is 0 Å². The number of rotatable bonds is 3. The maximum atomic E-state index is 3.74. The molecule has 0 saturated heterocycles. The van der Waals surface area contributed by atoms with Gasteiger partial charge in [0.25, 0.3) is 0 Å². The van der Waals surface area contributed by atoms with E-state index in [1.165, 1.54) is 34.6 Å². The average molecular weight is 235 g/mol. The lowest BCUT2D eigenvalue weighted by atomic mass is 10.0. The fraction of sp³-hybridized carbons (Fsp3) is 0.571. The van der Waals surface area contributed by atoms with Gasteiger partial charge in [0, 0.05) is 17.0 Å². The molecule has 1 aliphatic heterocycles. The fourth-order valence-electron chi connectivity index (χ4n) is 2.15. The maximum Gasteiger partial charge on any atom is 0.0341 e. The molecule has 2 unspecified atom stereocenters. The van der Waals surface area contributed by atoms with Crippen LogP contribution in [0.25, 0.3) is 0 Å². The van der Waals surface area contributed by atoms with Crippen LogP contribution in [-0.2, 0) is 0 Å². The maximum absolute atomic E-state index is 3.74. The Morgan fingerprint density at radius 3 is 3.06 bits per heavy atom. The van der Waals surface area contributed by atoms with E-state index in [2.05, 4.69) is 44.3 Å². The lowest BCUT2D eigenvalue weighted by Crippen LogP contribution is -2.32. The number of fused-ring (bicyclic) bond motifs is 1. The van der Waals surface area contributed by atoms with Gasteiger partial charge in [0.2, 0.25) is 0 Å². The number of hydrogen-bond donors (Lipinski definition) is 1. The SMILES string of the molecule is CCC(C)NC1CCSc2ccc(C)cc21. The van der Waals surface area contributed by atoms with Crippen LogP contribution in [0.1, 0.15) is 43.9 Å². The van der Waals surface area contributed by atoms with E-state index in [0.29, 0.717) is 12.1 Å². The van der Waals surface area contributed by atoms with Crippen molar-refractivity contribution >= 4 is 11.8 Å². The molecule has 0 aliphatic carbocycles. The standard InChI is InChI=1S/C14H21NS/c1-4-11(3)15-13-7-8-16-14-6-5-10(2)9-12(13)14/h5-6,9,11,13,15H,4,7-8H2,1-3H3.